The Kier molecular flexibility index (Phi) is 7.16. The van der Waals surface area contributed by atoms with Crippen molar-refractivity contribution in [1.82, 2.24) is 25.2 Å². The predicted molar refractivity (Wildman–Crippen MR) is 118 cm³/mol. The summed E-state index contributed by atoms with van der Waals surface area (Å²) in [4.78, 5) is 28.8. The number of morpholine rings is 1. The van der Waals surface area contributed by atoms with Gasteiger partial charge in [0.1, 0.15) is 0 Å². The Labute approximate surface area is 188 Å². The summed E-state index contributed by atoms with van der Waals surface area (Å²) in [5.41, 5.74) is 1.27. The zero-order valence-electron chi connectivity index (χ0n) is 18.6. The Balaban J connectivity index is 1.31. The number of carbonyl (C=O) groups is 2. The van der Waals surface area contributed by atoms with Crippen LogP contribution in [-0.2, 0) is 14.3 Å². The number of nitrogens with one attached hydrogen (secondary N) is 1. The molecule has 1 aliphatic carbocycles. The molecule has 1 aliphatic heterocycles. The average Bonchev–Trinajstić information content (AvgIpc) is 3.24. The van der Waals surface area contributed by atoms with Crippen molar-refractivity contribution in [1.29, 1.82) is 0 Å². The van der Waals surface area contributed by atoms with Crippen molar-refractivity contribution >= 4 is 11.9 Å². The predicted octanol–water partition coefficient (Wildman–Crippen LogP) is 1.88. The number of esters is 1. The van der Waals surface area contributed by atoms with E-state index < -0.39 is 5.97 Å². The maximum atomic E-state index is 12.5. The summed E-state index contributed by atoms with van der Waals surface area (Å²) < 4.78 is 10.7. The summed E-state index contributed by atoms with van der Waals surface area (Å²) in [5.74, 6) is -0.954. The summed E-state index contributed by atoms with van der Waals surface area (Å²) in [5, 5.41) is 11.5. The van der Waals surface area contributed by atoms with Crippen LogP contribution in [0.2, 0.25) is 0 Å². The molecule has 1 saturated carbocycles. The van der Waals surface area contributed by atoms with Crippen LogP contribution in [0.4, 0.5) is 0 Å². The van der Waals surface area contributed by atoms with Gasteiger partial charge < -0.3 is 14.8 Å². The first kappa shape index (κ1) is 22.4. The first-order valence-corrected chi connectivity index (χ1v) is 11.3. The molecular weight excluding hydrogens is 410 g/mol. The molecule has 4 rings (SSSR count). The minimum absolute atomic E-state index is 0.0311. The fourth-order valence-corrected chi connectivity index (χ4v) is 4.61. The zero-order chi connectivity index (χ0) is 22.4. The Morgan fingerprint density at radius 1 is 1.09 bits per heavy atom. The molecule has 0 radical (unpaired) electrons. The number of benzene rings is 1. The lowest BCUT2D eigenvalue weighted by Gasteiger charge is -2.48. The van der Waals surface area contributed by atoms with Crippen LogP contribution in [0.25, 0.3) is 5.69 Å². The quantitative estimate of drug-likeness (QED) is 0.655. The van der Waals surface area contributed by atoms with Gasteiger partial charge in [0.05, 0.1) is 24.6 Å². The minimum atomic E-state index is -0.652. The number of amides is 1. The number of nitrogens with zero attached hydrogens (tertiary/aromatic N) is 4. The van der Waals surface area contributed by atoms with E-state index in [-0.39, 0.29) is 23.7 Å². The lowest BCUT2D eigenvalue weighted by molar-refractivity contribution is -0.125. The van der Waals surface area contributed by atoms with Gasteiger partial charge in [-0.15, -0.1) is 5.10 Å². The number of carbonyl (C=O) groups excluding carboxylic acids is 2. The maximum Gasteiger partial charge on any atom is 0.361 e. The molecule has 2 aliphatic rings. The van der Waals surface area contributed by atoms with Crippen LogP contribution < -0.4 is 5.32 Å². The Morgan fingerprint density at radius 2 is 1.81 bits per heavy atom. The molecule has 0 bridgehead atoms. The van der Waals surface area contributed by atoms with Gasteiger partial charge in [-0.3, -0.25) is 9.69 Å². The van der Waals surface area contributed by atoms with Crippen molar-refractivity contribution in [3.8, 4) is 5.69 Å². The topological polar surface area (TPSA) is 98.6 Å². The van der Waals surface area contributed by atoms with Crippen molar-refractivity contribution in [3.63, 3.8) is 0 Å². The van der Waals surface area contributed by atoms with E-state index in [1.54, 1.807) is 6.92 Å². The highest BCUT2D eigenvalue weighted by Crippen LogP contribution is 2.33. The summed E-state index contributed by atoms with van der Waals surface area (Å²) in [6.07, 6.45) is 5.70. The van der Waals surface area contributed by atoms with E-state index in [0.29, 0.717) is 12.2 Å². The molecule has 2 heterocycles. The van der Waals surface area contributed by atoms with E-state index in [1.807, 2.05) is 30.3 Å². The molecule has 9 heteroatoms. The molecule has 0 unspecified atom stereocenters. The number of rotatable bonds is 7. The highest BCUT2D eigenvalue weighted by Gasteiger charge is 2.38. The van der Waals surface area contributed by atoms with Gasteiger partial charge in [0, 0.05) is 25.2 Å². The number of aromatic nitrogens is 3. The third-order valence-electron chi connectivity index (χ3n) is 6.38. The van der Waals surface area contributed by atoms with E-state index >= 15 is 0 Å². The normalized spacial score (nSPS) is 18.8. The van der Waals surface area contributed by atoms with Crippen molar-refractivity contribution < 1.29 is 19.1 Å². The molecule has 1 aromatic heterocycles. The van der Waals surface area contributed by atoms with E-state index in [9.17, 15) is 9.59 Å². The van der Waals surface area contributed by atoms with Gasteiger partial charge in [-0.05, 0) is 31.9 Å². The second-order valence-electron chi connectivity index (χ2n) is 8.50. The molecule has 32 heavy (non-hydrogen) atoms. The molecule has 1 saturated heterocycles. The maximum absolute atomic E-state index is 12.5. The van der Waals surface area contributed by atoms with Gasteiger partial charge in [-0.25, -0.2) is 4.79 Å². The highest BCUT2D eigenvalue weighted by molar-refractivity contribution is 5.90. The van der Waals surface area contributed by atoms with Gasteiger partial charge in [-0.2, -0.15) is 9.90 Å². The molecule has 2 aromatic rings. The minimum Gasteiger partial charge on any atom is -0.451 e. The third-order valence-corrected chi connectivity index (χ3v) is 6.38. The summed E-state index contributed by atoms with van der Waals surface area (Å²) >= 11 is 0. The fraction of sp³-hybridized carbons (Fsp3) is 0.565. The third kappa shape index (κ3) is 5.16. The second kappa shape index (κ2) is 10.2. The van der Waals surface area contributed by atoms with Gasteiger partial charge in [-0.1, -0.05) is 37.5 Å². The first-order valence-electron chi connectivity index (χ1n) is 11.3. The van der Waals surface area contributed by atoms with Gasteiger partial charge >= 0.3 is 5.97 Å². The van der Waals surface area contributed by atoms with Crippen LogP contribution in [0.5, 0.6) is 0 Å². The van der Waals surface area contributed by atoms with E-state index in [2.05, 4.69) is 20.4 Å². The van der Waals surface area contributed by atoms with Crippen LogP contribution in [-0.4, -0.2) is 76.8 Å². The van der Waals surface area contributed by atoms with Crippen LogP contribution in [0.3, 0.4) is 0 Å². The molecule has 1 amide bonds. The number of hydrogen-bond donors (Lipinski definition) is 1. The van der Waals surface area contributed by atoms with E-state index in [0.717, 1.165) is 44.8 Å². The first-order chi connectivity index (χ1) is 15.6. The average molecular weight is 442 g/mol. The van der Waals surface area contributed by atoms with Crippen molar-refractivity contribution in [2.24, 2.45) is 0 Å². The smallest absolute Gasteiger partial charge is 0.361 e. The summed E-state index contributed by atoms with van der Waals surface area (Å²) in [7, 11) is 0. The molecule has 1 N–H and O–H groups in total. The molecule has 172 valence electrons. The van der Waals surface area contributed by atoms with Crippen molar-refractivity contribution in [2.45, 2.75) is 44.6 Å². The van der Waals surface area contributed by atoms with Crippen LogP contribution in [0.15, 0.2) is 30.3 Å². The Hall–Kier alpha value is -2.78. The van der Waals surface area contributed by atoms with E-state index in [4.69, 9.17) is 9.47 Å². The van der Waals surface area contributed by atoms with Crippen molar-refractivity contribution in [3.05, 3.63) is 41.7 Å². The number of ether oxygens (including phenoxy) is 2. The summed E-state index contributed by atoms with van der Waals surface area (Å²) in [6.45, 7) is 5.16. The molecule has 9 nitrogen and oxygen atoms in total. The highest BCUT2D eigenvalue weighted by atomic mass is 16.5. The van der Waals surface area contributed by atoms with Gasteiger partial charge in [0.15, 0.2) is 12.3 Å². The Bertz CT molecular complexity index is 918. The van der Waals surface area contributed by atoms with E-state index in [1.165, 1.54) is 24.1 Å². The monoisotopic (exact) mass is 441 g/mol. The molecule has 1 aromatic carbocycles. The lowest BCUT2D eigenvalue weighted by Crippen LogP contribution is -2.59. The second-order valence-corrected chi connectivity index (χ2v) is 8.50. The molecular formula is C23H31N5O4. The molecule has 0 spiro atoms. The summed E-state index contributed by atoms with van der Waals surface area (Å²) in [6, 6.07) is 9.32. The van der Waals surface area contributed by atoms with Crippen LogP contribution in [0.1, 0.15) is 48.3 Å². The number of aryl methyl sites for hydroxylation is 1. The molecule has 2 fully saturated rings. The standard InChI is InChI=1S/C23H31N5O4/c1-18-21(26-28(25-18)19-8-4-2-5-9-19)22(30)32-16-20(29)24-17-23(10-6-3-7-11-23)27-12-14-31-15-13-27/h2,4-5,8-9H,3,6-7,10-17H2,1H3,(H,24,29). The lowest BCUT2D eigenvalue weighted by atomic mass is 9.79. The van der Waals surface area contributed by atoms with Gasteiger partial charge in [0.2, 0.25) is 0 Å². The Morgan fingerprint density at radius 3 is 2.53 bits per heavy atom. The SMILES string of the molecule is Cc1nn(-c2ccccc2)nc1C(=O)OCC(=O)NCC1(N2CCOCC2)CCCCC1. The number of para-hydroxylation sites is 1. The van der Waals surface area contributed by atoms with Crippen LogP contribution >= 0.6 is 0 Å². The molecule has 0 atom stereocenters. The number of hydrogen-bond acceptors (Lipinski definition) is 7. The van der Waals surface area contributed by atoms with Crippen molar-refractivity contribution in [2.75, 3.05) is 39.5 Å². The largest absolute Gasteiger partial charge is 0.451 e. The zero-order valence-corrected chi connectivity index (χ0v) is 18.6. The fourth-order valence-electron chi connectivity index (χ4n) is 4.61. The van der Waals surface area contributed by atoms with Crippen LogP contribution in [0, 0.1) is 6.92 Å². The van der Waals surface area contributed by atoms with Gasteiger partial charge in [0.25, 0.3) is 5.91 Å².